The molecular formula is C15H29N3O. The molecule has 2 atom stereocenters. The minimum atomic E-state index is -0.00546. The van der Waals surface area contributed by atoms with E-state index in [0.29, 0.717) is 12.5 Å². The van der Waals surface area contributed by atoms with Crippen LogP contribution in [0.25, 0.3) is 0 Å². The molecule has 110 valence electrons. The number of rotatable bonds is 3. The van der Waals surface area contributed by atoms with Crippen LogP contribution in [0.5, 0.6) is 0 Å². The van der Waals surface area contributed by atoms with Gasteiger partial charge in [0.05, 0.1) is 0 Å². The maximum absolute atomic E-state index is 12.3. The number of nitrogens with two attached hydrogens (primary N) is 1. The summed E-state index contributed by atoms with van der Waals surface area (Å²) < 4.78 is 0. The van der Waals surface area contributed by atoms with E-state index in [-0.39, 0.29) is 17.4 Å². The molecule has 4 nitrogen and oxygen atoms in total. The summed E-state index contributed by atoms with van der Waals surface area (Å²) in [5, 5.41) is 0. The van der Waals surface area contributed by atoms with Gasteiger partial charge in [-0.2, -0.15) is 0 Å². The van der Waals surface area contributed by atoms with Gasteiger partial charge in [0.2, 0.25) is 5.91 Å². The van der Waals surface area contributed by atoms with Crippen LogP contribution in [0.1, 0.15) is 46.5 Å². The van der Waals surface area contributed by atoms with E-state index in [1.54, 1.807) is 0 Å². The molecule has 0 aromatic heterocycles. The van der Waals surface area contributed by atoms with Crippen molar-refractivity contribution >= 4 is 5.91 Å². The lowest BCUT2D eigenvalue weighted by Crippen LogP contribution is -2.52. The van der Waals surface area contributed by atoms with Gasteiger partial charge in [0.15, 0.2) is 0 Å². The van der Waals surface area contributed by atoms with Gasteiger partial charge < -0.3 is 10.6 Å². The Morgan fingerprint density at radius 1 is 1.32 bits per heavy atom. The van der Waals surface area contributed by atoms with Crippen LogP contribution in [-0.2, 0) is 4.79 Å². The number of hydrogen-bond donors (Lipinski definition) is 1. The molecule has 0 aromatic rings. The van der Waals surface area contributed by atoms with Crippen molar-refractivity contribution in [3.05, 3.63) is 0 Å². The van der Waals surface area contributed by atoms with Gasteiger partial charge in [0.1, 0.15) is 0 Å². The van der Waals surface area contributed by atoms with Crippen molar-refractivity contribution in [2.75, 3.05) is 26.2 Å². The van der Waals surface area contributed by atoms with E-state index in [1.807, 2.05) is 4.90 Å². The molecule has 2 fully saturated rings. The number of fused-ring (bicyclic) bond motifs is 1. The van der Waals surface area contributed by atoms with E-state index in [9.17, 15) is 4.79 Å². The second-order valence-electron chi connectivity index (χ2n) is 7.40. The highest BCUT2D eigenvalue weighted by Crippen LogP contribution is 2.24. The summed E-state index contributed by atoms with van der Waals surface area (Å²) in [6.45, 7) is 10.6. The molecule has 4 heteroatoms. The molecule has 2 N–H and O–H groups in total. The van der Waals surface area contributed by atoms with Gasteiger partial charge >= 0.3 is 0 Å². The molecule has 2 aliphatic heterocycles. The van der Waals surface area contributed by atoms with Gasteiger partial charge in [0.25, 0.3) is 0 Å². The van der Waals surface area contributed by atoms with Gasteiger partial charge in [-0.3, -0.25) is 9.69 Å². The van der Waals surface area contributed by atoms with Crippen molar-refractivity contribution in [3.63, 3.8) is 0 Å². The third-order valence-corrected chi connectivity index (χ3v) is 4.25. The maximum atomic E-state index is 12.3. The summed E-state index contributed by atoms with van der Waals surface area (Å²) in [5.41, 5.74) is 6.31. The van der Waals surface area contributed by atoms with Crippen molar-refractivity contribution in [1.29, 1.82) is 0 Å². The Morgan fingerprint density at radius 3 is 2.74 bits per heavy atom. The number of piperazine rings is 1. The van der Waals surface area contributed by atoms with Crippen molar-refractivity contribution < 1.29 is 4.79 Å². The zero-order chi connectivity index (χ0) is 14.0. The third kappa shape index (κ3) is 4.18. The average Bonchev–Trinajstić information content (AvgIpc) is 2.72. The minimum absolute atomic E-state index is 0.00546. The molecule has 2 saturated heterocycles. The minimum Gasteiger partial charge on any atom is -0.340 e. The SMILES string of the molecule is CC(C)(C)CC(N)CC(=O)N1CCN2CCCC2C1. The van der Waals surface area contributed by atoms with E-state index in [4.69, 9.17) is 5.73 Å². The molecular weight excluding hydrogens is 238 g/mol. The molecule has 19 heavy (non-hydrogen) atoms. The zero-order valence-corrected chi connectivity index (χ0v) is 12.7. The maximum Gasteiger partial charge on any atom is 0.224 e. The lowest BCUT2D eigenvalue weighted by Gasteiger charge is -2.38. The number of nitrogens with zero attached hydrogens (tertiary/aromatic N) is 2. The van der Waals surface area contributed by atoms with E-state index in [2.05, 4.69) is 25.7 Å². The Kier molecular flexibility index (Phi) is 4.51. The highest BCUT2D eigenvalue weighted by atomic mass is 16.2. The summed E-state index contributed by atoms with van der Waals surface area (Å²) >= 11 is 0. The Balaban J connectivity index is 1.80. The first-order chi connectivity index (χ1) is 8.85. The Morgan fingerprint density at radius 2 is 2.05 bits per heavy atom. The fourth-order valence-corrected chi connectivity index (χ4v) is 3.43. The molecule has 1 amide bonds. The number of amides is 1. The van der Waals surface area contributed by atoms with Gasteiger partial charge in [-0.15, -0.1) is 0 Å². The zero-order valence-electron chi connectivity index (χ0n) is 12.7. The number of carbonyl (C=O) groups excluding carboxylic acids is 1. The van der Waals surface area contributed by atoms with Crippen LogP contribution >= 0.6 is 0 Å². The summed E-state index contributed by atoms with van der Waals surface area (Å²) in [6, 6.07) is 0.602. The summed E-state index contributed by atoms with van der Waals surface area (Å²) in [7, 11) is 0. The second kappa shape index (κ2) is 5.80. The van der Waals surface area contributed by atoms with Crippen molar-refractivity contribution in [2.45, 2.75) is 58.5 Å². The first-order valence-corrected chi connectivity index (χ1v) is 7.62. The Bertz CT molecular complexity index is 324. The van der Waals surface area contributed by atoms with E-state index in [0.717, 1.165) is 26.1 Å². The van der Waals surface area contributed by atoms with Crippen molar-refractivity contribution in [3.8, 4) is 0 Å². The fraction of sp³-hybridized carbons (Fsp3) is 0.933. The van der Waals surface area contributed by atoms with Crippen LogP contribution in [0, 0.1) is 5.41 Å². The van der Waals surface area contributed by atoms with E-state index in [1.165, 1.54) is 19.4 Å². The molecule has 0 radical (unpaired) electrons. The summed E-state index contributed by atoms with van der Waals surface area (Å²) in [6.07, 6.45) is 3.94. The van der Waals surface area contributed by atoms with Crippen LogP contribution in [0.4, 0.5) is 0 Å². The lowest BCUT2D eigenvalue weighted by atomic mass is 9.87. The normalized spacial score (nSPS) is 26.3. The van der Waals surface area contributed by atoms with Crippen LogP contribution < -0.4 is 5.73 Å². The monoisotopic (exact) mass is 267 g/mol. The first kappa shape index (κ1) is 14.8. The molecule has 0 aliphatic carbocycles. The van der Waals surface area contributed by atoms with E-state index < -0.39 is 0 Å². The topological polar surface area (TPSA) is 49.6 Å². The predicted molar refractivity (Wildman–Crippen MR) is 77.8 cm³/mol. The van der Waals surface area contributed by atoms with Gasteiger partial charge in [-0.1, -0.05) is 20.8 Å². The second-order valence-corrected chi connectivity index (χ2v) is 7.40. The number of carbonyl (C=O) groups is 1. The Labute approximate surface area is 117 Å². The smallest absolute Gasteiger partial charge is 0.224 e. The summed E-state index contributed by atoms with van der Waals surface area (Å²) in [4.78, 5) is 16.9. The van der Waals surface area contributed by atoms with Crippen LogP contribution in [0.3, 0.4) is 0 Å². The largest absolute Gasteiger partial charge is 0.340 e. The third-order valence-electron chi connectivity index (χ3n) is 4.25. The van der Waals surface area contributed by atoms with Gasteiger partial charge in [-0.05, 0) is 31.2 Å². The molecule has 2 heterocycles. The molecule has 2 rings (SSSR count). The standard InChI is InChI=1S/C15H29N3O/c1-15(2,3)10-12(16)9-14(19)18-8-7-17-6-4-5-13(17)11-18/h12-13H,4-11,16H2,1-3H3. The van der Waals surface area contributed by atoms with Crippen molar-refractivity contribution in [2.24, 2.45) is 11.1 Å². The van der Waals surface area contributed by atoms with E-state index >= 15 is 0 Å². The molecule has 0 spiro atoms. The summed E-state index contributed by atoms with van der Waals surface area (Å²) in [5.74, 6) is 0.253. The van der Waals surface area contributed by atoms with Crippen LogP contribution in [0.15, 0.2) is 0 Å². The molecule has 2 aliphatic rings. The highest BCUT2D eigenvalue weighted by Gasteiger charge is 2.32. The molecule has 0 aromatic carbocycles. The van der Waals surface area contributed by atoms with Crippen LogP contribution in [0.2, 0.25) is 0 Å². The number of hydrogen-bond acceptors (Lipinski definition) is 3. The highest BCUT2D eigenvalue weighted by molar-refractivity contribution is 5.77. The van der Waals surface area contributed by atoms with Gasteiger partial charge in [0, 0.05) is 38.1 Å². The van der Waals surface area contributed by atoms with Crippen molar-refractivity contribution in [1.82, 2.24) is 9.80 Å². The first-order valence-electron chi connectivity index (χ1n) is 7.62. The molecule has 2 unspecified atom stereocenters. The predicted octanol–water partition coefficient (Wildman–Crippen LogP) is 1.45. The average molecular weight is 267 g/mol. The van der Waals surface area contributed by atoms with Gasteiger partial charge in [-0.25, -0.2) is 0 Å². The molecule has 0 bridgehead atoms. The van der Waals surface area contributed by atoms with Crippen LogP contribution in [-0.4, -0.2) is 54.0 Å². The molecule has 0 saturated carbocycles. The fourth-order valence-electron chi connectivity index (χ4n) is 3.43. The Hall–Kier alpha value is -0.610. The quantitative estimate of drug-likeness (QED) is 0.842. The lowest BCUT2D eigenvalue weighted by molar-refractivity contribution is -0.134.